The zero-order valence-corrected chi connectivity index (χ0v) is 12.0. The number of methoxy groups -OCH3 is 1. The zero-order chi connectivity index (χ0) is 14.9. The highest BCUT2D eigenvalue weighted by atomic mass is 16.5. The predicted molar refractivity (Wildman–Crippen MR) is 87.7 cm³/mol. The summed E-state index contributed by atoms with van der Waals surface area (Å²) >= 11 is 0. The number of aromatic amines is 1. The van der Waals surface area contributed by atoms with Gasteiger partial charge in [0.2, 0.25) is 0 Å². The van der Waals surface area contributed by atoms with Crippen molar-refractivity contribution in [2.45, 2.75) is 0 Å². The lowest BCUT2D eigenvalue weighted by molar-refractivity contribution is 0.417. The van der Waals surface area contributed by atoms with Crippen molar-refractivity contribution in [2.24, 2.45) is 0 Å². The first kappa shape index (κ1) is 12.6. The van der Waals surface area contributed by atoms with E-state index in [1.807, 2.05) is 48.5 Å². The van der Waals surface area contributed by atoms with Gasteiger partial charge in [-0.3, -0.25) is 10.1 Å². The van der Waals surface area contributed by atoms with Crippen molar-refractivity contribution < 1.29 is 4.74 Å². The van der Waals surface area contributed by atoms with Crippen molar-refractivity contribution >= 4 is 33.3 Å². The average molecular weight is 290 g/mol. The molecule has 4 aromatic rings. The van der Waals surface area contributed by atoms with Gasteiger partial charge in [0.15, 0.2) is 5.82 Å². The number of nitrogens with zero attached hydrogens (tertiary/aromatic N) is 2. The van der Waals surface area contributed by atoms with Gasteiger partial charge in [-0.1, -0.05) is 18.2 Å². The Morgan fingerprint density at radius 1 is 1.09 bits per heavy atom. The van der Waals surface area contributed by atoms with E-state index in [9.17, 15) is 0 Å². The molecule has 0 fully saturated rings. The number of nitrogens with one attached hydrogen (secondary N) is 2. The Labute approximate surface area is 126 Å². The summed E-state index contributed by atoms with van der Waals surface area (Å²) in [5.74, 6) is 1.51. The Kier molecular flexibility index (Phi) is 2.89. The molecule has 5 nitrogen and oxygen atoms in total. The third-order valence-electron chi connectivity index (χ3n) is 3.65. The minimum atomic E-state index is 0.735. The summed E-state index contributed by atoms with van der Waals surface area (Å²) in [5.41, 5.74) is 2.75. The maximum Gasteiger partial charge on any atom is 0.160 e. The van der Waals surface area contributed by atoms with Crippen LogP contribution in [0.15, 0.2) is 54.7 Å². The summed E-state index contributed by atoms with van der Waals surface area (Å²) in [5, 5.41) is 12.8. The van der Waals surface area contributed by atoms with Crippen molar-refractivity contribution in [3.05, 3.63) is 54.7 Å². The number of benzene rings is 2. The smallest absolute Gasteiger partial charge is 0.160 e. The Morgan fingerprint density at radius 3 is 2.91 bits per heavy atom. The summed E-state index contributed by atoms with van der Waals surface area (Å²) in [4.78, 5) is 4.35. The largest absolute Gasteiger partial charge is 0.494 e. The molecule has 0 aliphatic rings. The van der Waals surface area contributed by atoms with Gasteiger partial charge in [-0.05, 0) is 24.3 Å². The lowest BCUT2D eigenvalue weighted by Crippen LogP contribution is -1.96. The van der Waals surface area contributed by atoms with E-state index in [0.29, 0.717) is 0 Å². The van der Waals surface area contributed by atoms with Crippen LogP contribution in [-0.4, -0.2) is 22.3 Å². The van der Waals surface area contributed by atoms with E-state index < -0.39 is 0 Å². The molecule has 108 valence electrons. The number of pyridine rings is 1. The van der Waals surface area contributed by atoms with Crippen LogP contribution in [0.1, 0.15) is 0 Å². The van der Waals surface area contributed by atoms with Crippen LogP contribution in [0.25, 0.3) is 21.8 Å². The molecule has 0 saturated carbocycles. The topological polar surface area (TPSA) is 62.8 Å². The van der Waals surface area contributed by atoms with E-state index in [-0.39, 0.29) is 0 Å². The molecule has 0 spiro atoms. The SMILES string of the molecule is COc1cc2ncccc2cc1Nc1n[nH]c2ccccc12. The van der Waals surface area contributed by atoms with E-state index in [1.165, 1.54) is 0 Å². The Balaban J connectivity index is 1.83. The fraction of sp³-hybridized carbons (Fsp3) is 0.0588. The van der Waals surface area contributed by atoms with Gasteiger partial charge in [-0.2, -0.15) is 5.10 Å². The molecule has 2 heterocycles. The minimum Gasteiger partial charge on any atom is -0.494 e. The number of ether oxygens (including phenoxy) is 1. The molecule has 0 unspecified atom stereocenters. The molecule has 0 atom stereocenters. The van der Waals surface area contributed by atoms with Gasteiger partial charge < -0.3 is 10.1 Å². The molecule has 5 heteroatoms. The monoisotopic (exact) mass is 290 g/mol. The highest BCUT2D eigenvalue weighted by Gasteiger charge is 2.10. The van der Waals surface area contributed by atoms with Crippen LogP contribution >= 0.6 is 0 Å². The third kappa shape index (κ3) is 2.03. The highest BCUT2D eigenvalue weighted by Crippen LogP contribution is 2.33. The second-order valence-corrected chi connectivity index (χ2v) is 4.99. The average Bonchev–Trinajstić information content (AvgIpc) is 2.97. The number of rotatable bonds is 3. The first-order valence-electron chi connectivity index (χ1n) is 6.98. The second kappa shape index (κ2) is 5.04. The van der Waals surface area contributed by atoms with Gasteiger partial charge in [-0.15, -0.1) is 0 Å². The first-order valence-corrected chi connectivity index (χ1v) is 6.98. The molecular formula is C17H14N4O. The quantitative estimate of drug-likeness (QED) is 0.601. The van der Waals surface area contributed by atoms with Crippen LogP contribution in [0.4, 0.5) is 11.5 Å². The molecule has 22 heavy (non-hydrogen) atoms. The van der Waals surface area contributed by atoms with E-state index >= 15 is 0 Å². The number of hydrogen-bond acceptors (Lipinski definition) is 4. The molecular weight excluding hydrogens is 276 g/mol. The molecule has 2 aromatic heterocycles. The van der Waals surface area contributed by atoms with Crippen molar-refractivity contribution in [3.63, 3.8) is 0 Å². The van der Waals surface area contributed by atoms with Crippen molar-refractivity contribution in [3.8, 4) is 5.75 Å². The molecule has 4 rings (SSSR count). The van der Waals surface area contributed by atoms with Crippen LogP contribution in [0, 0.1) is 0 Å². The van der Waals surface area contributed by atoms with Crippen LogP contribution < -0.4 is 10.1 Å². The van der Waals surface area contributed by atoms with E-state index in [1.54, 1.807) is 13.3 Å². The summed E-state index contributed by atoms with van der Waals surface area (Å²) < 4.78 is 5.47. The number of hydrogen-bond donors (Lipinski definition) is 2. The van der Waals surface area contributed by atoms with Gasteiger partial charge >= 0.3 is 0 Å². The van der Waals surface area contributed by atoms with Gasteiger partial charge in [-0.25, -0.2) is 0 Å². The van der Waals surface area contributed by atoms with E-state index in [4.69, 9.17) is 4.74 Å². The fourth-order valence-electron chi connectivity index (χ4n) is 2.55. The maximum absolute atomic E-state index is 5.47. The minimum absolute atomic E-state index is 0.735. The van der Waals surface area contributed by atoms with Gasteiger partial charge in [0.25, 0.3) is 0 Å². The summed E-state index contributed by atoms with van der Waals surface area (Å²) in [6, 6.07) is 15.9. The van der Waals surface area contributed by atoms with Crippen molar-refractivity contribution in [1.82, 2.24) is 15.2 Å². The van der Waals surface area contributed by atoms with Crippen molar-refractivity contribution in [1.29, 1.82) is 0 Å². The fourth-order valence-corrected chi connectivity index (χ4v) is 2.55. The number of aromatic nitrogens is 3. The Hall–Kier alpha value is -3.08. The normalized spacial score (nSPS) is 11.0. The first-order chi connectivity index (χ1) is 10.8. The number of anilines is 2. The zero-order valence-electron chi connectivity index (χ0n) is 12.0. The molecule has 0 aliphatic heterocycles. The van der Waals surface area contributed by atoms with E-state index in [0.717, 1.165) is 39.1 Å². The molecule has 0 amide bonds. The summed E-state index contributed by atoms with van der Waals surface area (Å²) in [6.07, 6.45) is 1.77. The van der Waals surface area contributed by atoms with Gasteiger partial charge in [0, 0.05) is 23.0 Å². The lowest BCUT2D eigenvalue weighted by atomic mass is 10.1. The number of H-pyrrole nitrogens is 1. The van der Waals surface area contributed by atoms with Crippen LogP contribution in [-0.2, 0) is 0 Å². The molecule has 0 saturated heterocycles. The molecule has 0 bridgehead atoms. The van der Waals surface area contributed by atoms with Crippen LogP contribution in [0.5, 0.6) is 5.75 Å². The van der Waals surface area contributed by atoms with Crippen LogP contribution in [0.3, 0.4) is 0 Å². The Morgan fingerprint density at radius 2 is 2.00 bits per heavy atom. The lowest BCUT2D eigenvalue weighted by Gasteiger charge is -2.11. The molecule has 0 radical (unpaired) electrons. The summed E-state index contributed by atoms with van der Waals surface area (Å²) in [7, 11) is 1.65. The van der Waals surface area contributed by atoms with E-state index in [2.05, 4.69) is 20.5 Å². The van der Waals surface area contributed by atoms with Gasteiger partial charge in [0.1, 0.15) is 5.75 Å². The number of para-hydroxylation sites is 1. The molecule has 2 aromatic carbocycles. The van der Waals surface area contributed by atoms with Gasteiger partial charge in [0.05, 0.1) is 23.8 Å². The maximum atomic E-state index is 5.47. The summed E-state index contributed by atoms with van der Waals surface area (Å²) in [6.45, 7) is 0. The predicted octanol–water partition coefficient (Wildman–Crippen LogP) is 3.86. The number of fused-ring (bicyclic) bond motifs is 2. The Bertz CT molecular complexity index is 961. The van der Waals surface area contributed by atoms with Crippen LogP contribution in [0.2, 0.25) is 0 Å². The second-order valence-electron chi connectivity index (χ2n) is 4.99. The molecule has 2 N–H and O–H groups in total. The van der Waals surface area contributed by atoms with Crippen molar-refractivity contribution in [2.75, 3.05) is 12.4 Å². The standard InChI is InChI=1S/C17H14N4O/c1-22-16-10-14-11(5-4-8-18-14)9-15(16)19-17-12-6-2-3-7-13(12)20-21-17/h2-10H,1H3,(H2,19,20,21). The third-order valence-corrected chi connectivity index (χ3v) is 3.65. The molecule has 0 aliphatic carbocycles. The highest BCUT2D eigenvalue weighted by molar-refractivity contribution is 5.93.